The van der Waals surface area contributed by atoms with E-state index in [9.17, 15) is 0 Å². The molecule has 0 aromatic heterocycles. The molecular weight excluding hydrogens is 172 g/mol. The van der Waals surface area contributed by atoms with E-state index in [2.05, 4.69) is 31.3 Å². The zero-order valence-electron chi connectivity index (χ0n) is 8.93. The maximum absolute atomic E-state index is 6.03. The molecule has 76 valence electrons. The molecule has 14 heavy (non-hydrogen) atoms. The molecule has 0 saturated carbocycles. The fourth-order valence-corrected chi connectivity index (χ4v) is 2.13. The first-order valence-electron chi connectivity index (χ1n) is 5.27. The normalized spacial score (nSPS) is 20.9. The zero-order valence-corrected chi connectivity index (χ0v) is 8.93. The Labute approximate surface area is 85.5 Å². The van der Waals surface area contributed by atoms with Gasteiger partial charge in [0.1, 0.15) is 0 Å². The first-order chi connectivity index (χ1) is 6.68. The van der Waals surface area contributed by atoms with Gasteiger partial charge in [-0.15, -0.1) is 0 Å². The van der Waals surface area contributed by atoms with Gasteiger partial charge in [-0.25, -0.2) is 0 Å². The molecule has 2 heteroatoms. The molecule has 1 unspecified atom stereocenters. The molecular formula is C12H18N2. The second-order valence-corrected chi connectivity index (χ2v) is 4.23. The Hall–Kier alpha value is -1.02. The molecule has 1 heterocycles. The number of anilines is 1. The molecule has 1 aromatic carbocycles. The lowest BCUT2D eigenvalue weighted by Gasteiger charge is -2.14. The molecule has 2 nitrogen and oxygen atoms in total. The van der Waals surface area contributed by atoms with Gasteiger partial charge in [-0.2, -0.15) is 0 Å². The molecule has 3 N–H and O–H groups in total. The Morgan fingerprint density at radius 1 is 1.29 bits per heavy atom. The minimum Gasteiger partial charge on any atom is -0.385 e. The summed E-state index contributed by atoms with van der Waals surface area (Å²) in [6, 6.07) is 4.68. The molecule has 1 aliphatic heterocycles. The SMILES string of the molecule is Cc1ccc(C)c2c1CC(N)CCN2. The van der Waals surface area contributed by atoms with Crippen LogP contribution in [0.25, 0.3) is 0 Å². The molecule has 1 atom stereocenters. The second kappa shape index (κ2) is 3.62. The molecule has 0 fully saturated rings. The topological polar surface area (TPSA) is 38.0 Å². The minimum atomic E-state index is 0.309. The number of aryl methyl sites for hydroxylation is 2. The van der Waals surface area contributed by atoms with Crippen molar-refractivity contribution in [2.24, 2.45) is 5.73 Å². The Kier molecular flexibility index (Phi) is 2.46. The molecule has 1 aromatic rings. The average molecular weight is 190 g/mol. The molecule has 0 spiro atoms. The van der Waals surface area contributed by atoms with Gasteiger partial charge in [-0.3, -0.25) is 0 Å². The van der Waals surface area contributed by atoms with Crippen molar-refractivity contribution in [1.82, 2.24) is 0 Å². The summed E-state index contributed by atoms with van der Waals surface area (Å²) in [4.78, 5) is 0. The van der Waals surface area contributed by atoms with Crippen LogP contribution < -0.4 is 11.1 Å². The van der Waals surface area contributed by atoms with E-state index >= 15 is 0 Å². The Balaban J connectivity index is 2.48. The van der Waals surface area contributed by atoms with Crippen molar-refractivity contribution in [3.05, 3.63) is 28.8 Å². The van der Waals surface area contributed by atoms with E-state index in [1.807, 2.05) is 0 Å². The van der Waals surface area contributed by atoms with E-state index in [1.165, 1.54) is 22.4 Å². The molecule has 0 bridgehead atoms. The number of nitrogens with one attached hydrogen (secondary N) is 1. The molecule has 2 rings (SSSR count). The van der Waals surface area contributed by atoms with Crippen molar-refractivity contribution in [3.63, 3.8) is 0 Å². The van der Waals surface area contributed by atoms with Gasteiger partial charge < -0.3 is 11.1 Å². The number of hydrogen-bond donors (Lipinski definition) is 2. The largest absolute Gasteiger partial charge is 0.385 e. The summed E-state index contributed by atoms with van der Waals surface area (Å²) in [5.74, 6) is 0. The minimum absolute atomic E-state index is 0.309. The molecule has 0 saturated heterocycles. The maximum Gasteiger partial charge on any atom is 0.0405 e. The molecule has 1 aliphatic rings. The third-order valence-electron chi connectivity index (χ3n) is 3.04. The van der Waals surface area contributed by atoms with Gasteiger partial charge in [0.25, 0.3) is 0 Å². The van der Waals surface area contributed by atoms with Gasteiger partial charge in [-0.05, 0) is 43.4 Å². The predicted octanol–water partition coefficient (Wildman–Crippen LogP) is 1.99. The highest BCUT2D eigenvalue weighted by molar-refractivity contribution is 5.60. The van der Waals surface area contributed by atoms with Crippen LogP contribution in [0.15, 0.2) is 12.1 Å². The lowest BCUT2D eigenvalue weighted by Crippen LogP contribution is -2.23. The number of hydrogen-bond acceptors (Lipinski definition) is 2. The monoisotopic (exact) mass is 190 g/mol. The van der Waals surface area contributed by atoms with E-state index in [0.29, 0.717) is 6.04 Å². The summed E-state index contributed by atoms with van der Waals surface area (Å²) in [5, 5.41) is 3.48. The van der Waals surface area contributed by atoms with Gasteiger partial charge in [-0.1, -0.05) is 12.1 Å². The molecule has 0 radical (unpaired) electrons. The molecule has 0 aliphatic carbocycles. The average Bonchev–Trinajstić information content (AvgIpc) is 2.34. The predicted molar refractivity (Wildman–Crippen MR) is 60.7 cm³/mol. The van der Waals surface area contributed by atoms with E-state index in [0.717, 1.165) is 19.4 Å². The van der Waals surface area contributed by atoms with Crippen LogP contribution >= 0.6 is 0 Å². The van der Waals surface area contributed by atoms with Gasteiger partial charge in [0.15, 0.2) is 0 Å². The van der Waals surface area contributed by atoms with Gasteiger partial charge in [0, 0.05) is 18.3 Å². The first kappa shape index (κ1) is 9.53. The summed E-state index contributed by atoms with van der Waals surface area (Å²) in [7, 11) is 0. The van der Waals surface area contributed by atoms with Crippen molar-refractivity contribution >= 4 is 5.69 Å². The zero-order chi connectivity index (χ0) is 10.1. The van der Waals surface area contributed by atoms with Crippen molar-refractivity contribution in [1.29, 1.82) is 0 Å². The van der Waals surface area contributed by atoms with E-state index < -0.39 is 0 Å². The lowest BCUT2D eigenvalue weighted by molar-refractivity contribution is 0.641. The van der Waals surface area contributed by atoms with E-state index in [1.54, 1.807) is 0 Å². The Morgan fingerprint density at radius 2 is 2.00 bits per heavy atom. The van der Waals surface area contributed by atoms with Gasteiger partial charge in [0.2, 0.25) is 0 Å². The molecule has 0 amide bonds. The van der Waals surface area contributed by atoms with Gasteiger partial charge >= 0.3 is 0 Å². The second-order valence-electron chi connectivity index (χ2n) is 4.23. The first-order valence-corrected chi connectivity index (χ1v) is 5.27. The van der Waals surface area contributed by atoms with Crippen LogP contribution in [0.5, 0.6) is 0 Å². The van der Waals surface area contributed by atoms with Crippen LogP contribution in [-0.2, 0) is 6.42 Å². The van der Waals surface area contributed by atoms with Crippen molar-refractivity contribution in [3.8, 4) is 0 Å². The van der Waals surface area contributed by atoms with Crippen LogP contribution in [0, 0.1) is 13.8 Å². The fraction of sp³-hybridized carbons (Fsp3) is 0.500. The third kappa shape index (κ3) is 1.62. The number of fused-ring (bicyclic) bond motifs is 1. The summed E-state index contributed by atoms with van der Waals surface area (Å²) < 4.78 is 0. The van der Waals surface area contributed by atoms with Crippen LogP contribution in [0.3, 0.4) is 0 Å². The fourth-order valence-electron chi connectivity index (χ4n) is 2.13. The van der Waals surface area contributed by atoms with Crippen molar-refractivity contribution in [2.45, 2.75) is 32.7 Å². The quantitative estimate of drug-likeness (QED) is 0.656. The standard InChI is InChI=1S/C12H18N2/c1-8-3-4-9(2)12-11(8)7-10(13)5-6-14-12/h3-4,10,14H,5-7,13H2,1-2H3. The summed E-state index contributed by atoms with van der Waals surface area (Å²) in [5.41, 5.74) is 11.4. The van der Waals surface area contributed by atoms with Crippen molar-refractivity contribution < 1.29 is 0 Å². The number of rotatable bonds is 0. The highest BCUT2D eigenvalue weighted by Crippen LogP contribution is 2.27. The Morgan fingerprint density at radius 3 is 2.79 bits per heavy atom. The van der Waals surface area contributed by atoms with Crippen molar-refractivity contribution in [2.75, 3.05) is 11.9 Å². The number of benzene rings is 1. The third-order valence-corrected chi connectivity index (χ3v) is 3.04. The highest BCUT2D eigenvalue weighted by Gasteiger charge is 2.15. The van der Waals surface area contributed by atoms with Crippen LogP contribution in [0.1, 0.15) is 23.1 Å². The highest BCUT2D eigenvalue weighted by atomic mass is 14.9. The van der Waals surface area contributed by atoms with E-state index in [4.69, 9.17) is 5.73 Å². The van der Waals surface area contributed by atoms with Crippen LogP contribution in [0.4, 0.5) is 5.69 Å². The number of nitrogens with two attached hydrogens (primary N) is 1. The Bertz CT molecular complexity index is 344. The smallest absolute Gasteiger partial charge is 0.0405 e. The van der Waals surface area contributed by atoms with Crippen LogP contribution in [-0.4, -0.2) is 12.6 Å². The summed E-state index contributed by atoms with van der Waals surface area (Å²) in [6.07, 6.45) is 2.07. The van der Waals surface area contributed by atoms with E-state index in [-0.39, 0.29) is 0 Å². The van der Waals surface area contributed by atoms with Crippen LogP contribution in [0.2, 0.25) is 0 Å². The lowest BCUT2D eigenvalue weighted by atomic mass is 9.97. The summed E-state index contributed by atoms with van der Waals surface area (Å²) in [6.45, 7) is 5.32. The summed E-state index contributed by atoms with van der Waals surface area (Å²) >= 11 is 0. The van der Waals surface area contributed by atoms with Gasteiger partial charge in [0.05, 0.1) is 0 Å². The maximum atomic E-state index is 6.03.